The molecule has 0 saturated heterocycles. The van der Waals surface area contributed by atoms with E-state index in [-0.39, 0.29) is 42.6 Å². The van der Waals surface area contributed by atoms with Crippen molar-refractivity contribution >= 4 is 11.5 Å². The maximum Gasteiger partial charge on any atom is 0.248 e. The first-order valence-electron chi connectivity index (χ1n) is 6.61. The SMILES string of the molecule is C=C(C(N)=O)c1ccc(OC2CCC(F)(F)CC2)c(F)c1. The van der Waals surface area contributed by atoms with Crippen LogP contribution in [0.15, 0.2) is 24.8 Å². The summed E-state index contributed by atoms with van der Waals surface area (Å²) in [6.07, 6.45) is -0.569. The zero-order chi connectivity index (χ0) is 15.6. The van der Waals surface area contributed by atoms with E-state index < -0.39 is 23.8 Å². The largest absolute Gasteiger partial charge is 0.487 e. The van der Waals surface area contributed by atoms with Crippen LogP contribution in [0.4, 0.5) is 13.2 Å². The molecule has 1 aromatic rings. The second kappa shape index (κ2) is 5.79. The number of primary amides is 1. The number of amides is 1. The predicted octanol–water partition coefficient (Wildman–Crippen LogP) is 3.28. The first kappa shape index (κ1) is 15.4. The Bertz CT molecular complexity index is 562. The molecule has 1 aliphatic carbocycles. The first-order chi connectivity index (χ1) is 9.78. The summed E-state index contributed by atoms with van der Waals surface area (Å²) in [5, 5.41) is 0. The van der Waals surface area contributed by atoms with Crippen LogP contribution in [-0.4, -0.2) is 17.9 Å². The van der Waals surface area contributed by atoms with E-state index in [2.05, 4.69) is 6.58 Å². The lowest BCUT2D eigenvalue weighted by Gasteiger charge is -2.28. The number of hydrogen-bond acceptors (Lipinski definition) is 2. The van der Waals surface area contributed by atoms with E-state index in [4.69, 9.17) is 10.5 Å². The van der Waals surface area contributed by atoms with Gasteiger partial charge in [0.15, 0.2) is 11.6 Å². The minimum absolute atomic E-state index is 0.00208. The molecule has 0 spiro atoms. The van der Waals surface area contributed by atoms with Crippen molar-refractivity contribution in [1.82, 2.24) is 0 Å². The summed E-state index contributed by atoms with van der Waals surface area (Å²) in [6, 6.07) is 3.91. The van der Waals surface area contributed by atoms with E-state index >= 15 is 0 Å². The van der Waals surface area contributed by atoms with Crippen molar-refractivity contribution in [2.45, 2.75) is 37.7 Å². The lowest BCUT2D eigenvalue weighted by Crippen LogP contribution is -2.30. The number of nitrogens with two attached hydrogens (primary N) is 1. The minimum atomic E-state index is -2.65. The number of benzene rings is 1. The average molecular weight is 299 g/mol. The van der Waals surface area contributed by atoms with Crippen molar-refractivity contribution in [3.8, 4) is 5.75 Å². The molecule has 2 rings (SSSR count). The smallest absolute Gasteiger partial charge is 0.248 e. The highest BCUT2D eigenvalue weighted by molar-refractivity contribution is 6.17. The molecule has 2 N–H and O–H groups in total. The van der Waals surface area contributed by atoms with E-state index in [1.807, 2.05) is 0 Å². The molecule has 0 atom stereocenters. The van der Waals surface area contributed by atoms with E-state index in [1.165, 1.54) is 12.1 Å². The van der Waals surface area contributed by atoms with Gasteiger partial charge in [0.25, 0.3) is 0 Å². The third-order valence-corrected chi connectivity index (χ3v) is 3.54. The minimum Gasteiger partial charge on any atom is -0.487 e. The summed E-state index contributed by atoms with van der Waals surface area (Å²) in [5.74, 6) is -4.09. The molecule has 1 aliphatic rings. The molecule has 0 bridgehead atoms. The monoisotopic (exact) mass is 299 g/mol. The van der Waals surface area contributed by atoms with Gasteiger partial charge in [0.1, 0.15) is 0 Å². The maximum absolute atomic E-state index is 13.9. The van der Waals surface area contributed by atoms with E-state index in [9.17, 15) is 18.0 Å². The quantitative estimate of drug-likeness (QED) is 0.867. The molecule has 6 heteroatoms. The van der Waals surface area contributed by atoms with Crippen molar-refractivity contribution in [3.05, 3.63) is 36.2 Å². The summed E-state index contributed by atoms with van der Waals surface area (Å²) in [5.41, 5.74) is 5.33. The Morgan fingerprint density at radius 3 is 2.48 bits per heavy atom. The van der Waals surface area contributed by atoms with Crippen LogP contribution < -0.4 is 10.5 Å². The van der Waals surface area contributed by atoms with Crippen molar-refractivity contribution in [3.63, 3.8) is 0 Å². The van der Waals surface area contributed by atoms with Crippen LogP contribution >= 0.6 is 0 Å². The molecule has 0 unspecified atom stereocenters. The fraction of sp³-hybridized carbons (Fsp3) is 0.400. The Morgan fingerprint density at radius 1 is 1.33 bits per heavy atom. The van der Waals surface area contributed by atoms with Crippen LogP contribution in [0.5, 0.6) is 5.75 Å². The molecule has 21 heavy (non-hydrogen) atoms. The fourth-order valence-corrected chi connectivity index (χ4v) is 2.24. The van der Waals surface area contributed by atoms with Gasteiger partial charge in [-0.25, -0.2) is 13.2 Å². The second-order valence-electron chi connectivity index (χ2n) is 5.16. The Kier molecular flexibility index (Phi) is 4.25. The number of carbonyl (C=O) groups is 1. The first-order valence-corrected chi connectivity index (χ1v) is 6.61. The van der Waals surface area contributed by atoms with Crippen molar-refractivity contribution in [1.29, 1.82) is 0 Å². The van der Waals surface area contributed by atoms with Crippen molar-refractivity contribution in [2.75, 3.05) is 0 Å². The van der Waals surface area contributed by atoms with E-state index in [0.717, 1.165) is 6.07 Å². The molecule has 1 amide bonds. The third-order valence-electron chi connectivity index (χ3n) is 3.54. The van der Waals surface area contributed by atoms with Crippen molar-refractivity contribution in [2.24, 2.45) is 5.73 Å². The Balaban J connectivity index is 2.05. The highest BCUT2D eigenvalue weighted by Gasteiger charge is 2.35. The Morgan fingerprint density at radius 2 is 1.95 bits per heavy atom. The molecular weight excluding hydrogens is 283 g/mol. The van der Waals surface area contributed by atoms with Gasteiger partial charge in [-0.3, -0.25) is 4.79 Å². The van der Waals surface area contributed by atoms with Crippen LogP contribution in [-0.2, 0) is 4.79 Å². The number of ether oxygens (including phenoxy) is 1. The summed E-state index contributed by atoms with van der Waals surface area (Å²) in [4.78, 5) is 11.0. The molecule has 3 nitrogen and oxygen atoms in total. The van der Waals surface area contributed by atoms with Gasteiger partial charge in [-0.2, -0.15) is 0 Å². The molecule has 1 aromatic carbocycles. The zero-order valence-corrected chi connectivity index (χ0v) is 11.4. The standard InChI is InChI=1S/C15H16F3NO2/c1-9(14(19)20)10-2-3-13(12(16)8-10)21-11-4-6-15(17,18)7-5-11/h2-3,8,11H,1,4-7H2,(H2,19,20). The van der Waals surface area contributed by atoms with Crippen LogP contribution in [0, 0.1) is 5.82 Å². The molecule has 1 fully saturated rings. The van der Waals surface area contributed by atoms with Gasteiger partial charge in [-0.15, -0.1) is 0 Å². The van der Waals surface area contributed by atoms with Gasteiger partial charge >= 0.3 is 0 Å². The molecule has 0 radical (unpaired) electrons. The predicted molar refractivity (Wildman–Crippen MR) is 72.5 cm³/mol. The van der Waals surface area contributed by atoms with Crippen molar-refractivity contribution < 1.29 is 22.7 Å². The molecule has 0 heterocycles. The van der Waals surface area contributed by atoms with Gasteiger partial charge in [-0.1, -0.05) is 12.6 Å². The van der Waals surface area contributed by atoms with Gasteiger partial charge in [-0.05, 0) is 30.5 Å². The van der Waals surface area contributed by atoms with Gasteiger partial charge in [0.2, 0.25) is 11.8 Å². The normalized spacial score (nSPS) is 18.2. The number of rotatable bonds is 4. The number of hydrogen-bond donors (Lipinski definition) is 1. The Labute approximate surface area is 120 Å². The van der Waals surface area contributed by atoms with Gasteiger partial charge < -0.3 is 10.5 Å². The van der Waals surface area contributed by atoms with E-state index in [0.29, 0.717) is 0 Å². The van der Waals surface area contributed by atoms with Crippen LogP contribution in [0.25, 0.3) is 5.57 Å². The topological polar surface area (TPSA) is 52.3 Å². The zero-order valence-electron chi connectivity index (χ0n) is 11.4. The fourth-order valence-electron chi connectivity index (χ4n) is 2.24. The summed E-state index contributed by atoms with van der Waals surface area (Å²) in [6.45, 7) is 3.46. The molecule has 0 aliphatic heterocycles. The molecule has 114 valence electrons. The lowest BCUT2D eigenvalue weighted by molar-refractivity contribution is -0.112. The highest BCUT2D eigenvalue weighted by atomic mass is 19.3. The number of carbonyl (C=O) groups excluding carboxylic acids is 1. The second-order valence-corrected chi connectivity index (χ2v) is 5.16. The highest BCUT2D eigenvalue weighted by Crippen LogP contribution is 2.35. The Hall–Kier alpha value is -1.98. The summed E-state index contributed by atoms with van der Waals surface area (Å²) < 4.78 is 45.4. The van der Waals surface area contributed by atoms with Gasteiger partial charge in [0, 0.05) is 18.4 Å². The van der Waals surface area contributed by atoms with Crippen LogP contribution in [0.3, 0.4) is 0 Å². The van der Waals surface area contributed by atoms with E-state index in [1.54, 1.807) is 0 Å². The lowest BCUT2D eigenvalue weighted by atomic mass is 9.94. The number of halogens is 3. The number of alkyl halides is 2. The van der Waals surface area contributed by atoms with Crippen LogP contribution in [0.2, 0.25) is 0 Å². The van der Waals surface area contributed by atoms with Gasteiger partial charge in [0.05, 0.1) is 6.10 Å². The third kappa shape index (κ3) is 3.77. The van der Waals surface area contributed by atoms with Crippen LogP contribution in [0.1, 0.15) is 31.2 Å². The molecule has 0 aromatic heterocycles. The molecule has 1 saturated carbocycles. The molecular formula is C15H16F3NO2. The average Bonchev–Trinajstić information content (AvgIpc) is 2.42. The summed E-state index contributed by atoms with van der Waals surface area (Å²) >= 11 is 0. The summed E-state index contributed by atoms with van der Waals surface area (Å²) in [7, 11) is 0. The maximum atomic E-state index is 13.9.